The van der Waals surface area contributed by atoms with Crippen molar-refractivity contribution in [2.45, 2.75) is 37.6 Å². The summed E-state index contributed by atoms with van der Waals surface area (Å²) in [4.78, 5) is 10.5. The zero-order chi connectivity index (χ0) is 16.7. The van der Waals surface area contributed by atoms with Gasteiger partial charge in [-0.25, -0.2) is 17.2 Å². The molecular formula is C14H17F2NO4S. The van der Waals surface area contributed by atoms with E-state index in [4.69, 9.17) is 5.11 Å². The molecule has 122 valence electrons. The number of benzene rings is 1. The van der Waals surface area contributed by atoms with Crippen LogP contribution in [-0.4, -0.2) is 36.4 Å². The Hall–Kier alpha value is -1.54. The molecule has 1 aliphatic heterocycles. The molecule has 22 heavy (non-hydrogen) atoms. The Morgan fingerprint density at radius 3 is 2.50 bits per heavy atom. The predicted molar refractivity (Wildman–Crippen MR) is 74.8 cm³/mol. The highest BCUT2D eigenvalue weighted by Crippen LogP contribution is 2.30. The lowest BCUT2D eigenvalue weighted by atomic mass is 9.96. The molecule has 0 saturated carbocycles. The highest BCUT2D eigenvalue weighted by atomic mass is 32.2. The molecule has 2 atom stereocenters. The van der Waals surface area contributed by atoms with E-state index in [2.05, 4.69) is 0 Å². The molecule has 1 aromatic rings. The lowest BCUT2D eigenvalue weighted by molar-refractivity contribution is -0.143. The molecular weight excluding hydrogens is 316 g/mol. The summed E-state index contributed by atoms with van der Waals surface area (Å²) in [5.74, 6) is -3.90. The van der Waals surface area contributed by atoms with Crippen molar-refractivity contribution in [1.29, 1.82) is 0 Å². The Balaban J connectivity index is 2.45. The van der Waals surface area contributed by atoms with Gasteiger partial charge in [-0.3, -0.25) is 4.79 Å². The van der Waals surface area contributed by atoms with E-state index in [1.807, 2.05) is 0 Å². The number of halogens is 2. The molecule has 1 saturated heterocycles. The van der Waals surface area contributed by atoms with E-state index in [9.17, 15) is 22.0 Å². The van der Waals surface area contributed by atoms with Crippen LogP contribution in [0.15, 0.2) is 17.0 Å². The van der Waals surface area contributed by atoms with E-state index in [1.165, 1.54) is 6.92 Å². The largest absolute Gasteiger partial charge is 0.481 e. The molecule has 1 N–H and O–H groups in total. The Bertz CT molecular complexity index is 705. The maximum Gasteiger partial charge on any atom is 0.307 e. The number of nitrogens with zero attached hydrogens (tertiary/aromatic N) is 1. The Labute approximate surface area is 127 Å². The molecule has 2 unspecified atom stereocenters. The summed E-state index contributed by atoms with van der Waals surface area (Å²) in [5.41, 5.74) is 0.0134. The molecule has 5 nitrogen and oxygen atoms in total. The number of aliphatic carboxylic acids is 1. The molecule has 2 rings (SSSR count). The van der Waals surface area contributed by atoms with Crippen molar-refractivity contribution in [3.63, 3.8) is 0 Å². The molecule has 8 heteroatoms. The smallest absolute Gasteiger partial charge is 0.307 e. The highest BCUT2D eigenvalue weighted by Gasteiger charge is 2.38. The van der Waals surface area contributed by atoms with E-state index >= 15 is 0 Å². The third kappa shape index (κ3) is 2.98. The van der Waals surface area contributed by atoms with Crippen molar-refractivity contribution in [2.75, 3.05) is 6.54 Å². The summed E-state index contributed by atoms with van der Waals surface area (Å²) in [7, 11) is -4.22. The van der Waals surface area contributed by atoms with Gasteiger partial charge in [0.25, 0.3) is 0 Å². The molecule has 0 aliphatic carbocycles. The standard InChI is InChI=1S/C14H17F2NO4S/c1-8-5-13(12(16)6-11(8)15)22(20,21)17-7-10(14(18)19)4-3-9(17)2/h5-6,9-10H,3-4,7H2,1-2H3,(H,18,19). The van der Waals surface area contributed by atoms with Crippen molar-refractivity contribution in [2.24, 2.45) is 5.92 Å². The van der Waals surface area contributed by atoms with Crippen molar-refractivity contribution in [1.82, 2.24) is 4.31 Å². The zero-order valence-corrected chi connectivity index (χ0v) is 13.0. The van der Waals surface area contributed by atoms with Crippen LogP contribution in [0.3, 0.4) is 0 Å². The average Bonchev–Trinajstić information content (AvgIpc) is 2.42. The van der Waals surface area contributed by atoms with Gasteiger partial charge in [0.05, 0.1) is 5.92 Å². The van der Waals surface area contributed by atoms with Gasteiger partial charge in [-0.2, -0.15) is 4.31 Å². The Kier molecular flexibility index (Phi) is 4.53. The number of sulfonamides is 1. The predicted octanol–water partition coefficient (Wildman–Crippen LogP) is 2.15. The van der Waals surface area contributed by atoms with E-state index in [0.29, 0.717) is 18.9 Å². The van der Waals surface area contributed by atoms with Gasteiger partial charge < -0.3 is 5.11 Å². The first-order valence-corrected chi connectivity index (χ1v) is 8.29. The first kappa shape index (κ1) is 16.8. The molecule has 0 spiro atoms. The summed E-state index contributed by atoms with van der Waals surface area (Å²) >= 11 is 0. The first-order valence-electron chi connectivity index (χ1n) is 6.85. The summed E-state index contributed by atoms with van der Waals surface area (Å²) in [5, 5.41) is 9.07. The van der Waals surface area contributed by atoms with Crippen LogP contribution in [0.5, 0.6) is 0 Å². The number of rotatable bonds is 3. The van der Waals surface area contributed by atoms with Crippen LogP contribution in [0.4, 0.5) is 8.78 Å². The van der Waals surface area contributed by atoms with Crippen LogP contribution in [0.2, 0.25) is 0 Å². The number of carboxylic acid groups (broad SMARTS) is 1. The van der Waals surface area contributed by atoms with Crippen LogP contribution in [-0.2, 0) is 14.8 Å². The minimum Gasteiger partial charge on any atom is -0.481 e. The normalized spacial score (nSPS) is 23.5. The Morgan fingerprint density at radius 1 is 1.27 bits per heavy atom. The fourth-order valence-corrected chi connectivity index (χ4v) is 4.41. The third-order valence-corrected chi connectivity index (χ3v) is 5.97. The zero-order valence-electron chi connectivity index (χ0n) is 12.2. The topological polar surface area (TPSA) is 74.7 Å². The highest BCUT2D eigenvalue weighted by molar-refractivity contribution is 7.89. The van der Waals surface area contributed by atoms with E-state index < -0.39 is 44.5 Å². The van der Waals surface area contributed by atoms with Gasteiger partial charge in [0, 0.05) is 18.7 Å². The van der Waals surface area contributed by atoms with Crippen LogP contribution >= 0.6 is 0 Å². The summed E-state index contributed by atoms with van der Waals surface area (Å²) in [6.07, 6.45) is 0.742. The number of hydrogen-bond acceptors (Lipinski definition) is 3. The second-order valence-corrected chi connectivity index (χ2v) is 7.43. The summed E-state index contributed by atoms with van der Waals surface area (Å²) < 4.78 is 53.4. The first-order chi connectivity index (χ1) is 10.1. The molecule has 0 radical (unpaired) electrons. The fraction of sp³-hybridized carbons (Fsp3) is 0.500. The average molecular weight is 333 g/mol. The molecule has 1 fully saturated rings. The van der Waals surface area contributed by atoms with E-state index in [1.54, 1.807) is 6.92 Å². The maximum absolute atomic E-state index is 13.9. The van der Waals surface area contributed by atoms with Gasteiger partial charge in [0.15, 0.2) is 0 Å². The second kappa shape index (κ2) is 5.92. The van der Waals surface area contributed by atoms with Gasteiger partial charge in [-0.15, -0.1) is 0 Å². The molecule has 1 aliphatic rings. The minimum atomic E-state index is -4.22. The summed E-state index contributed by atoms with van der Waals surface area (Å²) in [6.45, 7) is 2.77. The van der Waals surface area contributed by atoms with Gasteiger partial charge in [0.2, 0.25) is 10.0 Å². The number of carboxylic acids is 1. The van der Waals surface area contributed by atoms with Crippen LogP contribution < -0.4 is 0 Å². The quantitative estimate of drug-likeness (QED) is 0.920. The SMILES string of the molecule is Cc1cc(S(=O)(=O)N2CC(C(=O)O)CCC2C)c(F)cc1F. The number of aryl methyl sites for hydroxylation is 1. The van der Waals surface area contributed by atoms with Crippen molar-refractivity contribution in [3.8, 4) is 0 Å². The monoisotopic (exact) mass is 333 g/mol. The molecule has 0 aromatic heterocycles. The van der Waals surface area contributed by atoms with Crippen LogP contribution in [0.25, 0.3) is 0 Å². The van der Waals surface area contributed by atoms with Gasteiger partial charge in [-0.1, -0.05) is 0 Å². The van der Waals surface area contributed by atoms with Crippen LogP contribution in [0, 0.1) is 24.5 Å². The fourth-order valence-electron chi connectivity index (χ4n) is 2.57. The van der Waals surface area contributed by atoms with E-state index in [0.717, 1.165) is 10.4 Å². The number of carbonyl (C=O) groups is 1. The van der Waals surface area contributed by atoms with Gasteiger partial charge in [-0.05, 0) is 38.3 Å². The molecule has 0 bridgehead atoms. The second-order valence-electron chi connectivity index (χ2n) is 5.57. The minimum absolute atomic E-state index is 0.0134. The number of hydrogen-bond donors (Lipinski definition) is 1. The molecule has 1 heterocycles. The van der Waals surface area contributed by atoms with Gasteiger partial charge >= 0.3 is 5.97 Å². The van der Waals surface area contributed by atoms with Gasteiger partial charge in [0.1, 0.15) is 16.5 Å². The summed E-state index contributed by atoms with van der Waals surface area (Å²) in [6, 6.07) is 1.04. The van der Waals surface area contributed by atoms with Crippen molar-refractivity contribution < 1.29 is 27.1 Å². The van der Waals surface area contributed by atoms with Crippen molar-refractivity contribution in [3.05, 3.63) is 29.3 Å². The molecule has 0 amide bonds. The maximum atomic E-state index is 13.9. The number of piperidine rings is 1. The van der Waals surface area contributed by atoms with E-state index in [-0.39, 0.29) is 12.1 Å². The van der Waals surface area contributed by atoms with Crippen LogP contribution in [0.1, 0.15) is 25.3 Å². The lowest BCUT2D eigenvalue weighted by Gasteiger charge is -2.35. The Morgan fingerprint density at radius 2 is 1.91 bits per heavy atom. The lowest BCUT2D eigenvalue weighted by Crippen LogP contribution is -2.47. The molecule has 1 aromatic carbocycles. The van der Waals surface area contributed by atoms with Crippen molar-refractivity contribution >= 4 is 16.0 Å². The third-order valence-electron chi connectivity index (χ3n) is 3.97.